The van der Waals surface area contributed by atoms with E-state index in [1.165, 1.54) is 0 Å². The highest BCUT2D eigenvalue weighted by atomic mass is 16.3. The third-order valence-corrected chi connectivity index (χ3v) is 3.09. The summed E-state index contributed by atoms with van der Waals surface area (Å²) in [7, 11) is 0. The van der Waals surface area contributed by atoms with Crippen molar-refractivity contribution in [1.29, 1.82) is 0 Å². The number of rotatable bonds is 4. The molecule has 0 aliphatic carbocycles. The smallest absolute Gasteiger partial charge is 0.242 e. The van der Waals surface area contributed by atoms with Gasteiger partial charge in [0, 0.05) is 19.1 Å². The van der Waals surface area contributed by atoms with Crippen LogP contribution in [0.25, 0.3) is 0 Å². The molecule has 2 amide bonds. The first kappa shape index (κ1) is 14.0. The van der Waals surface area contributed by atoms with E-state index >= 15 is 0 Å². The van der Waals surface area contributed by atoms with Crippen LogP contribution < -0.4 is 10.6 Å². The van der Waals surface area contributed by atoms with Crippen LogP contribution in [0.4, 0.5) is 0 Å². The highest BCUT2D eigenvalue weighted by molar-refractivity contribution is 5.90. The van der Waals surface area contributed by atoms with Crippen LogP contribution in [0.5, 0.6) is 0 Å². The minimum atomic E-state index is -0.411. The van der Waals surface area contributed by atoms with Crippen molar-refractivity contribution in [2.24, 2.45) is 5.41 Å². The van der Waals surface area contributed by atoms with Crippen LogP contribution in [0.1, 0.15) is 40.0 Å². The molecule has 0 aromatic rings. The van der Waals surface area contributed by atoms with E-state index in [-0.39, 0.29) is 29.9 Å². The molecule has 3 N–H and O–H groups in total. The number of carbonyl (C=O) groups is 2. The second kappa shape index (κ2) is 5.49. The van der Waals surface area contributed by atoms with Gasteiger partial charge in [-0.1, -0.05) is 20.8 Å². The minimum Gasteiger partial charge on any atom is -0.396 e. The summed E-state index contributed by atoms with van der Waals surface area (Å²) in [5, 5.41) is 14.5. The van der Waals surface area contributed by atoms with Crippen LogP contribution in [0.2, 0.25) is 0 Å². The Morgan fingerprint density at radius 3 is 2.65 bits per heavy atom. The van der Waals surface area contributed by atoms with Crippen molar-refractivity contribution in [3.63, 3.8) is 0 Å². The summed E-state index contributed by atoms with van der Waals surface area (Å²) in [6, 6.07) is -0.497. The van der Waals surface area contributed by atoms with E-state index in [0.717, 1.165) is 0 Å². The molecule has 2 atom stereocenters. The molecule has 0 radical (unpaired) electrons. The molecular weight excluding hydrogens is 220 g/mol. The fraction of sp³-hybridized carbons (Fsp3) is 0.833. The van der Waals surface area contributed by atoms with Gasteiger partial charge in [-0.05, 0) is 18.3 Å². The summed E-state index contributed by atoms with van der Waals surface area (Å²) in [4.78, 5) is 23.0. The summed E-state index contributed by atoms with van der Waals surface area (Å²) >= 11 is 0. The highest BCUT2D eigenvalue weighted by Crippen LogP contribution is 2.22. The molecule has 17 heavy (non-hydrogen) atoms. The van der Waals surface area contributed by atoms with Gasteiger partial charge in [0.15, 0.2) is 0 Å². The molecule has 0 bridgehead atoms. The van der Waals surface area contributed by atoms with Crippen molar-refractivity contribution >= 4 is 11.8 Å². The third-order valence-electron chi connectivity index (χ3n) is 3.09. The van der Waals surface area contributed by atoms with Gasteiger partial charge in [-0.2, -0.15) is 0 Å². The summed E-state index contributed by atoms with van der Waals surface area (Å²) in [5.74, 6) is -0.219. The highest BCUT2D eigenvalue weighted by Gasteiger charge is 2.31. The molecule has 1 heterocycles. The normalized spacial score (nSPS) is 22.1. The van der Waals surface area contributed by atoms with Crippen molar-refractivity contribution in [2.75, 3.05) is 6.61 Å². The fourth-order valence-electron chi connectivity index (χ4n) is 1.93. The van der Waals surface area contributed by atoms with Crippen molar-refractivity contribution in [3.8, 4) is 0 Å². The van der Waals surface area contributed by atoms with E-state index in [4.69, 9.17) is 5.11 Å². The standard InChI is InChI=1S/C12H22N2O3/c1-12(2,3)9(6-7-15)14-11(17)8-4-5-10(16)13-8/h8-9,15H,4-7H2,1-3H3,(H,13,16)(H,14,17)/t8-,9?/m0/s1. The molecule has 1 aliphatic heterocycles. The first-order chi connectivity index (χ1) is 7.84. The van der Waals surface area contributed by atoms with Crippen LogP contribution in [-0.2, 0) is 9.59 Å². The molecular formula is C12H22N2O3. The zero-order valence-corrected chi connectivity index (χ0v) is 10.7. The molecule has 1 unspecified atom stereocenters. The predicted octanol–water partition coefficient (Wildman–Crippen LogP) is 0.178. The molecule has 0 aromatic heterocycles. The number of carbonyl (C=O) groups excluding carboxylic acids is 2. The predicted molar refractivity (Wildman–Crippen MR) is 64.3 cm³/mol. The quantitative estimate of drug-likeness (QED) is 0.658. The number of aliphatic hydroxyl groups is 1. The molecule has 0 spiro atoms. The summed E-state index contributed by atoms with van der Waals surface area (Å²) in [6.07, 6.45) is 1.49. The van der Waals surface area contributed by atoms with E-state index in [2.05, 4.69) is 10.6 Å². The molecule has 1 rings (SSSR count). The van der Waals surface area contributed by atoms with Crippen LogP contribution in [-0.4, -0.2) is 35.6 Å². The molecule has 1 fully saturated rings. The number of nitrogens with one attached hydrogen (secondary N) is 2. The second-order valence-electron chi connectivity index (χ2n) is 5.60. The minimum absolute atomic E-state index is 0.0409. The maximum atomic E-state index is 11.9. The maximum absolute atomic E-state index is 11.9. The first-order valence-electron chi connectivity index (χ1n) is 6.05. The van der Waals surface area contributed by atoms with Gasteiger partial charge in [-0.15, -0.1) is 0 Å². The van der Waals surface area contributed by atoms with Gasteiger partial charge in [0.05, 0.1) is 0 Å². The molecule has 1 aliphatic rings. The lowest BCUT2D eigenvalue weighted by Crippen LogP contribution is -2.50. The van der Waals surface area contributed by atoms with Gasteiger partial charge >= 0.3 is 0 Å². The Morgan fingerprint density at radius 1 is 1.59 bits per heavy atom. The van der Waals surface area contributed by atoms with Gasteiger partial charge in [0.25, 0.3) is 0 Å². The van der Waals surface area contributed by atoms with E-state index in [1.807, 2.05) is 20.8 Å². The van der Waals surface area contributed by atoms with Crippen molar-refractivity contribution in [1.82, 2.24) is 10.6 Å². The second-order valence-corrected chi connectivity index (χ2v) is 5.60. The Balaban J connectivity index is 2.55. The number of hydrogen-bond donors (Lipinski definition) is 3. The average Bonchev–Trinajstić information content (AvgIpc) is 2.62. The Morgan fingerprint density at radius 2 is 2.24 bits per heavy atom. The molecule has 0 aromatic carbocycles. The van der Waals surface area contributed by atoms with Crippen LogP contribution in [0.15, 0.2) is 0 Å². The van der Waals surface area contributed by atoms with E-state index in [1.54, 1.807) is 0 Å². The van der Waals surface area contributed by atoms with E-state index in [0.29, 0.717) is 19.3 Å². The molecule has 5 heteroatoms. The van der Waals surface area contributed by atoms with E-state index in [9.17, 15) is 9.59 Å². The monoisotopic (exact) mass is 242 g/mol. The lowest BCUT2D eigenvalue weighted by Gasteiger charge is -2.32. The number of hydrogen-bond acceptors (Lipinski definition) is 3. The van der Waals surface area contributed by atoms with E-state index < -0.39 is 6.04 Å². The van der Waals surface area contributed by atoms with Crippen LogP contribution >= 0.6 is 0 Å². The van der Waals surface area contributed by atoms with Crippen molar-refractivity contribution in [2.45, 2.75) is 52.1 Å². The van der Waals surface area contributed by atoms with Crippen molar-refractivity contribution in [3.05, 3.63) is 0 Å². The Labute approximate surface area is 102 Å². The van der Waals surface area contributed by atoms with Crippen LogP contribution in [0.3, 0.4) is 0 Å². The molecule has 1 saturated heterocycles. The average molecular weight is 242 g/mol. The maximum Gasteiger partial charge on any atom is 0.242 e. The molecule has 0 saturated carbocycles. The zero-order valence-electron chi connectivity index (χ0n) is 10.7. The van der Waals surface area contributed by atoms with Gasteiger partial charge in [-0.3, -0.25) is 9.59 Å². The third kappa shape index (κ3) is 4.00. The van der Waals surface area contributed by atoms with Gasteiger partial charge < -0.3 is 15.7 Å². The summed E-state index contributed by atoms with van der Waals surface area (Å²) < 4.78 is 0. The lowest BCUT2D eigenvalue weighted by atomic mass is 9.84. The summed E-state index contributed by atoms with van der Waals surface area (Å²) in [6.45, 7) is 6.09. The Kier molecular flexibility index (Phi) is 4.51. The Hall–Kier alpha value is -1.10. The number of amides is 2. The topological polar surface area (TPSA) is 78.4 Å². The van der Waals surface area contributed by atoms with Gasteiger partial charge in [0.1, 0.15) is 6.04 Å². The zero-order chi connectivity index (χ0) is 13.1. The lowest BCUT2D eigenvalue weighted by molar-refractivity contribution is -0.126. The SMILES string of the molecule is CC(C)(C)C(CCO)NC(=O)[C@@H]1CCC(=O)N1. The number of aliphatic hydroxyl groups excluding tert-OH is 1. The molecule has 5 nitrogen and oxygen atoms in total. The first-order valence-corrected chi connectivity index (χ1v) is 6.05. The molecule has 98 valence electrons. The van der Waals surface area contributed by atoms with Crippen LogP contribution in [0, 0.1) is 5.41 Å². The largest absolute Gasteiger partial charge is 0.396 e. The van der Waals surface area contributed by atoms with Crippen molar-refractivity contribution < 1.29 is 14.7 Å². The summed E-state index contributed by atoms with van der Waals surface area (Å²) in [5.41, 5.74) is -0.110. The fourth-order valence-corrected chi connectivity index (χ4v) is 1.93. The van der Waals surface area contributed by atoms with Gasteiger partial charge in [0.2, 0.25) is 11.8 Å². The Bertz CT molecular complexity index is 297. The van der Waals surface area contributed by atoms with Gasteiger partial charge in [-0.25, -0.2) is 0 Å².